The van der Waals surface area contributed by atoms with Crippen LogP contribution in [-0.2, 0) is 16.0 Å². The summed E-state index contributed by atoms with van der Waals surface area (Å²) in [5.41, 5.74) is 0.629. The molecule has 1 saturated carbocycles. The smallest absolute Gasteiger partial charge is 0.310 e. The maximum atomic E-state index is 11.8. The third-order valence-corrected chi connectivity index (χ3v) is 4.16. The molecule has 5 heteroatoms. The zero-order valence-corrected chi connectivity index (χ0v) is 12.8. The van der Waals surface area contributed by atoms with Crippen LogP contribution >= 0.6 is 39.1 Å². The summed E-state index contributed by atoms with van der Waals surface area (Å²) in [5.74, 6) is -0.256. The first-order valence-corrected chi connectivity index (χ1v) is 7.44. The molecule has 0 radical (unpaired) electrons. The van der Waals surface area contributed by atoms with Crippen molar-refractivity contribution >= 4 is 45.1 Å². The van der Waals surface area contributed by atoms with E-state index < -0.39 is 0 Å². The van der Waals surface area contributed by atoms with Gasteiger partial charge < -0.3 is 4.74 Å². The number of rotatable bonds is 3. The van der Waals surface area contributed by atoms with Crippen LogP contribution in [-0.4, -0.2) is 12.1 Å². The van der Waals surface area contributed by atoms with E-state index in [1.165, 1.54) is 0 Å². The third kappa shape index (κ3) is 3.62. The fourth-order valence-corrected chi connectivity index (χ4v) is 3.46. The molecule has 0 heterocycles. The minimum Gasteiger partial charge on any atom is -0.462 e. The maximum Gasteiger partial charge on any atom is 0.310 e. The average molecular weight is 352 g/mol. The van der Waals surface area contributed by atoms with Gasteiger partial charge in [-0.3, -0.25) is 4.79 Å². The van der Waals surface area contributed by atoms with Crippen LogP contribution in [0.25, 0.3) is 0 Å². The molecule has 1 aliphatic carbocycles. The lowest BCUT2D eigenvalue weighted by atomic mass is 10.1. The molecule has 0 saturated heterocycles. The first-order valence-electron chi connectivity index (χ1n) is 5.89. The second kappa shape index (κ2) is 6.27. The number of carbonyl (C=O) groups is 1. The van der Waals surface area contributed by atoms with Crippen LogP contribution in [0.4, 0.5) is 0 Å². The normalized spacial score (nSPS) is 15.9. The fraction of sp³-hybridized carbons (Fsp3) is 0.462. The van der Waals surface area contributed by atoms with E-state index in [9.17, 15) is 4.79 Å². The van der Waals surface area contributed by atoms with E-state index in [1.807, 2.05) is 0 Å². The molecule has 0 unspecified atom stereocenters. The van der Waals surface area contributed by atoms with E-state index in [-0.39, 0.29) is 18.5 Å². The van der Waals surface area contributed by atoms with Crippen molar-refractivity contribution < 1.29 is 9.53 Å². The number of carbonyl (C=O) groups excluding carboxylic acids is 1. The minimum absolute atomic E-state index is 0.0745. The number of halogens is 3. The third-order valence-electron chi connectivity index (χ3n) is 3.03. The van der Waals surface area contributed by atoms with Crippen molar-refractivity contribution in [2.45, 2.75) is 38.2 Å². The van der Waals surface area contributed by atoms with Crippen molar-refractivity contribution in [3.05, 3.63) is 32.2 Å². The molecule has 0 spiro atoms. The molecule has 98 valence electrons. The van der Waals surface area contributed by atoms with Crippen LogP contribution in [0, 0.1) is 0 Å². The summed E-state index contributed by atoms with van der Waals surface area (Å²) in [6, 6.07) is 3.46. The van der Waals surface area contributed by atoms with E-state index >= 15 is 0 Å². The quantitative estimate of drug-likeness (QED) is 0.732. The Balaban J connectivity index is 2.02. The van der Waals surface area contributed by atoms with Crippen LogP contribution in [0.1, 0.15) is 31.2 Å². The minimum atomic E-state index is -0.256. The molecule has 18 heavy (non-hydrogen) atoms. The monoisotopic (exact) mass is 350 g/mol. The van der Waals surface area contributed by atoms with Gasteiger partial charge in [0.1, 0.15) is 6.10 Å². The summed E-state index contributed by atoms with van der Waals surface area (Å²) >= 11 is 15.4. The van der Waals surface area contributed by atoms with Gasteiger partial charge in [0.05, 0.1) is 6.42 Å². The topological polar surface area (TPSA) is 26.3 Å². The molecular weight excluding hydrogens is 339 g/mol. The van der Waals surface area contributed by atoms with Crippen LogP contribution in [0.15, 0.2) is 16.6 Å². The molecule has 2 nitrogen and oxygen atoms in total. The van der Waals surface area contributed by atoms with Gasteiger partial charge >= 0.3 is 5.97 Å². The summed E-state index contributed by atoms with van der Waals surface area (Å²) in [6.45, 7) is 0. The van der Waals surface area contributed by atoms with Gasteiger partial charge in [0, 0.05) is 20.1 Å². The standard InChI is InChI=1S/C13H13BrCl2O2/c14-8-5-11(15)10(12(16)6-8)7-13(17)18-9-3-1-2-4-9/h5-6,9H,1-4,7H2. The first-order chi connectivity index (χ1) is 8.56. The largest absolute Gasteiger partial charge is 0.462 e. The van der Waals surface area contributed by atoms with Gasteiger partial charge in [-0.15, -0.1) is 0 Å². The highest BCUT2D eigenvalue weighted by atomic mass is 79.9. The van der Waals surface area contributed by atoms with Crippen molar-refractivity contribution in [1.29, 1.82) is 0 Å². The molecular formula is C13H13BrCl2O2. The summed E-state index contributed by atoms with van der Waals surface area (Å²) in [5, 5.41) is 0.968. The number of hydrogen-bond donors (Lipinski definition) is 0. The van der Waals surface area contributed by atoms with Crippen LogP contribution in [0.2, 0.25) is 10.0 Å². The molecule has 0 amide bonds. The Morgan fingerprint density at radius 3 is 2.39 bits per heavy atom. The predicted octanol–water partition coefficient (Wildman–Crippen LogP) is 4.78. The highest BCUT2D eigenvalue weighted by Crippen LogP contribution is 2.30. The lowest BCUT2D eigenvalue weighted by Crippen LogP contribution is -2.16. The Bertz CT molecular complexity index is 433. The van der Waals surface area contributed by atoms with Gasteiger partial charge in [0.15, 0.2) is 0 Å². The Morgan fingerprint density at radius 2 is 1.83 bits per heavy atom. The van der Waals surface area contributed by atoms with Crippen LogP contribution in [0.3, 0.4) is 0 Å². The van der Waals surface area contributed by atoms with E-state index in [4.69, 9.17) is 27.9 Å². The highest BCUT2D eigenvalue weighted by Gasteiger charge is 2.20. The van der Waals surface area contributed by atoms with Gasteiger partial charge in [-0.25, -0.2) is 0 Å². The predicted molar refractivity (Wildman–Crippen MR) is 76.2 cm³/mol. The van der Waals surface area contributed by atoms with Gasteiger partial charge in [-0.2, -0.15) is 0 Å². The molecule has 0 atom stereocenters. The Morgan fingerprint density at radius 1 is 1.28 bits per heavy atom. The molecule has 1 aliphatic rings. The summed E-state index contributed by atoms with van der Waals surface area (Å²) in [6.07, 6.45) is 4.41. The molecule has 1 aromatic rings. The zero-order chi connectivity index (χ0) is 13.1. The number of benzene rings is 1. The summed E-state index contributed by atoms with van der Waals surface area (Å²) in [7, 11) is 0. The van der Waals surface area contributed by atoms with E-state index in [1.54, 1.807) is 12.1 Å². The van der Waals surface area contributed by atoms with Crippen molar-refractivity contribution in [2.24, 2.45) is 0 Å². The number of esters is 1. The van der Waals surface area contributed by atoms with Gasteiger partial charge in [-0.05, 0) is 37.8 Å². The van der Waals surface area contributed by atoms with Gasteiger partial charge in [0.25, 0.3) is 0 Å². The molecule has 1 fully saturated rings. The average Bonchev–Trinajstić information content (AvgIpc) is 2.76. The molecule has 0 bridgehead atoms. The SMILES string of the molecule is O=C(Cc1c(Cl)cc(Br)cc1Cl)OC1CCCC1. The Hall–Kier alpha value is -0.250. The highest BCUT2D eigenvalue weighted by molar-refractivity contribution is 9.10. The summed E-state index contributed by atoms with van der Waals surface area (Å²) < 4.78 is 6.18. The van der Waals surface area contributed by atoms with E-state index in [2.05, 4.69) is 15.9 Å². The Kier molecular flexibility index (Phi) is 4.93. The van der Waals surface area contributed by atoms with E-state index in [0.717, 1.165) is 30.2 Å². The van der Waals surface area contributed by atoms with Gasteiger partial charge in [-0.1, -0.05) is 39.1 Å². The van der Waals surface area contributed by atoms with Crippen molar-refractivity contribution in [3.8, 4) is 0 Å². The van der Waals surface area contributed by atoms with Crippen LogP contribution in [0.5, 0.6) is 0 Å². The Labute approximate surface area is 125 Å². The van der Waals surface area contributed by atoms with Crippen molar-refractivity contribution in [2.75, 3.05) is 0 Å². The molecule has 0 aromatic heterocycles. The molecule has 2 rings (SSSR count). The molecule has 0 aliphatic heterocycles. The second-order valence-electron chi connectivity index (χ2n) is 4.42. The molecule has 1 aromatic carbocycles. The maximum absolute atomic E-state index is 11.8. The first kappa shape index (κ1) is 14.2. The van der Waals surface area contributed by atoms with Crippen molar-refractivity contribution in [1.82, 2.24) is 0 Å². The van der Waals surface area contributed by atoms with E-state index in [0.29, 0.717) is 15.6 Å². The number of ether oxygens (including phenoxy) is 1. The van der Waals surface area contributed by atoms with Crippen molar-refractivity contribution in [3.63, 3.8) is 0 Å². The molecule has 0 N–H and O–H groups in total. The lowest BCUT2D eigenvalue weighted by Gasteiger charge is -2.12. The lowest BCUT2D eigenvalue weighted by molar-refractivity contribution is -0.147. The van der Waals surface area contributed by atoms with Crippen LogP contribution < -0.4 is 0 Å². The zero-order valence-electron chi connectivity index (χ0n) is 9.72. The number of hydrogen-bond acceptors (Lipinski definition) is 2. The van der Waals surface area contributed by atoms with Gasteiger partial charge in [0.2, 0.25) is 0 Å². The fourth-order valence-electron chi connectivity index (χ4n) is 2.12. The summed E-state index contributed by atoms with van der Waals surface area (Å²) in [4.78, 5) is 11.8. The second-order valence-corrected chi connectivity index (χ2v) is 6.15.